The minimum absolute atomic E-state index is 0.675. The normalized spacial score (nSPS) is 26.1. The summed E-state index contributed by atoms with van der Waals surface area (Å²) >= 11 is 0. The number of hydrogen-bond donors (Lipinski definition) is 0. The van der Waals surface area contributed by atoms with E-state index in [4.69, 9.17) is 4.74 Å². The molecule has 2 fully saturated rings. The molecule has 2 aliphatic heterocycles. The molecule has 2 rings (SSSR count). The van der Waals surface area contributed by atoms with Crippen LogP contribution in [0.5, 0.6) is 0 Å². The van der Waals surface area contributed by atoms with Gasteiger partial charge in [-0.2, -0.15) is 0 Å². The van der Waals surface area contributed by atoms with Crippen LogP contribution < -0.4 is 0 Å². The monoisotopic (exact) mass is 185 g/mol. The van der Waals surface area contributed by atoms with Crippen molar-refractivity contribution in [3.05, 3.63) is 0 Å². The van der Waals surface area contributed by atoms with Crippen molar-refractivity contribution in [2.24, 2.45) is 5.41 Å². The first kappa shape index (κ1) is 11.0. The molecule has 0 saturated carbocycles. The van der Waals surface area contributed by atoms with Gasteiger partial charge in [0.2, 0.25) is 0 Å². The highest BCUT2D eigenvalue weighted by molar-refractivity contribution is 4.95. The molecule has 0 unspecified atom stereocenters. The zero-order valence-corrected chi connectivity index (χ0v) is 9.31. The molecular weight excluding hydrogens is 162 g/mol. The Morgan fingerprint density at radius 2 is 1.69 bits per heavy atom. The second kappa shape index (κ2) is 4.97. The lowest BCUT2D eigenvalue weighted by Crippen LogP contribution is -2.58. The number of ether oxygens (including phenoxy) is 1. The molecule has 78 valence electrons. The van der Waals surface area contributed by atoms with Crippen LogP contribution in [0.1, 0.15) is 33.6 Å². The maximum atomic E-state index is 5.35. The van der Waals surface area contributed by atoms with Gasteiger partial charge >= 0.3 is 0 Å². The molecule has 2 nitrogen and oxygen atoms in total. The zero-order valence-electron chi connectivity index (χ0n) is 9.31. The number of rotatable bonds is 1. The quantitative estimate of drug-likeness (QED) is 0.620. The predicted octanol–water partition coefficient (Wildman–Crippen LogP) is 2.14. The summed E-state index contributed by atoms with van der Waals surface area (Å²) < 4.78 is 5.35. The molecule has 13 heavy (non-hydrogen) atoms. The van der Waals surface area contributed by atoms with Crippen LogP contribution in [0.25, 0.3) is 0 Å². The molecule has 0 amide bonds. The van der Waals surface area contributed by atoms with Gasteiger partial charge in [-0.25, -0.2) is 0 Å². The lowest BCUT2D eigenvalue weighted by Gasteiger charge is -2.52. The second-order valence-electron chi connectivity index (χ2n) is 3.92. The fourth-order valence-electron chi connectivity index (χ4n) is 2.25. The third-order valence-corrected chi connectivity index (χ3v) is 3.12. The SMILES string of the molecule is CC.CCN1CC2(CCOCC2)C1. The fraction of sp³-hybridized carbons (Fsp3) is 1.00. The van der Waals surface area contributed by atoms with E-state index in [1.54, 1.807) is 0 Å². The van der Waals surface area contributed by atoms with E-state index in [-0.39, 0.29) is 0 Å². The van der Waals surface area contributed by atoms with Crippen LogP contribution in [-0.4, -0.2) is 37.7 Å². The van der Waals surface area contributed by atoms with Crippen LogP contribution in [-0.2, 0) is 4.74 Å². The number of likely N-dealkylation sites (tertiary alicyclic amines) is 1. The van der Waals surface area contributed by atoms with E-state index in [1.165, 1.54) is 32.5 Å². The first-order chi connectivity index (χ1) is 6.35. The molecule has 0 radical (unpaired) electrons. The molecule has 2 aliphatic rings. The summed E-state index contributed by atoms with van der Waals surface area (Å²) in [6.45, 7) is 12.1. The fourth-order valence-corrected chi connectivity index (χ4v) is 2.25. The molecule has 2 saturated heterocycles. The Kier molecular flexibility index (Phi) is 4.20. The van der Waals surface area contributed by atoms with Crippen molar-refractivity contribution in [3.8, 4) is 0 Å². The van der Waals surface area contributed by atoms with E-state index >= 15 is 0 Å². The van der Waals surface area contributed by atoms with Gasteiger partial charge in [-0.15, -0.1) is 0 Å². The number of hydrogen-bond acceptors (Lipinski definition) is 2. The van der Waals surface area contributed by atoms with Crippen molar-refractivity contribution in [2.75, 3.05) is 32.8 Å². The summed E-state index contributed by atoms with van der Waals surface area (Å²) in [6, 6.07) is 0. The Morgan fingerprint density at radius 1 is 1.15 bits per heavy atom. The van der Waals surface area contributed by atoms with E-state index in [2.05, 4.69) is 11.8 Å². The average Bonchev–Trinajstić information content (AvgIpc) is 2.18. The standard InChI is InChI=1S/C9H17NO.C2H6/c1-2-10-7-9(8-10)3-5-11-6-4-9;1-2/h2-8H2,1H3;1-2H3. The van der Waals surface area contributed by atoms with Crippen molar-refractivity contribution in [3.63, 3.8) is 0 Å². The predicted molar refractivity (Wildman–Crippen MR) is 55.9 cm³/mol. The third-order valence-electron chi connectivity index (χ3n) is 3.12. The maximum Gasteiger partial charge on any atom is 0.0472 e. The first-order valence-electron chi connectivity index (χ1n) is 5.65. The van der Waals surface area contributed by atoms with Gasteiger partial charge in [-0.1, -0.05) is 20.8 Å². The molecule has 0 bridgehead atoms. The Hall–Kier alpha value is -0.0800. The van der Waals surface area contributed by atoms with Gasteiger partial charge in [-0.3, -0.25) is 0 Å². The van der Waals surface area contributed by atoms with Crippen molar-refractivity contribution < 1.29 is 4.74 Å². The van der Waals surface area contributed by atoms with Gasteiger partial charge in [0.15, 0.2) is 0 Å². The summed E-state index contributed by atoms with van der Waals surface area (Å²) in [6.07, 6.45) is 2.59. The summed E-state index contributed by atoms with van der Waals surface area (Å²) in [7, 11) is 0. The molecule has 0 aromatic carbocycles. The van der Waals surface area contributed by atoms with Gasteiger partial charge in [-0.05, 0) is 19.4 Å². The first-order valence-corrected chi connectivity index (χ1v) is 5.65. The van der Waals surface area contributed by atoms with Crippen molar-refractivity contribution in [2.45, 2.75) is 33.6 Å². The lowest BCUT2D eigenvalue weighted by atomic mass is 9.73. The van der Waals surface area contributed by atoms with Crippen LogP contribution in [0.15, 0.2) is 0 Å². The minimum Gasteiger partial charge on any atom is -0.381 e. The van der Waals surface area contributed by atoms with E-state index in [1.807, 2.05) is 13.8 Å². The van der Waals surface area contributed by atoms with Gasteiger partial charge in [0, 0.05) is 31.7 Å². The molecule has 0 aromatic heterocycles. The highest BCUT2D eigenvalue weighted by Crippen LogP contribution is 2.39. The Bertz CT molecular complexity index is 133. The summed E-state index contributed by atoms with van der Waals surface area (Å²) in [5, 5.41) is 0. The van der Waals surface area contributed by atoms with Crippen molar-refractivity contribution in [1.82, 2.24) is 4.90 Å². The maximum absolute atomic E-state index is 5.35. The van der Waals surface area contributed by atoms with Gasteiger partial charge in [0.1, 0.15) is 0 Å². The average molecular weight is 185 g/mol. The van der Waals surface area contributed by atoms with Crippen LogP contribution in [0, 0.1) is 5.41 Å². The summed E-state index contributed by atoms with van der Waals surface area (Å²) in [5.74, 6) is 0. The van der Waals surface area contributed by atoms with Crippen molar-refractivity contribution in [1.29, 1.82) is 0 Å². The topological polar surface area (TPSA) is 12.5 Å². The van der Waals surface area contributed by atoms with E-state index in [0.29, 0.717) is 5.41 Å². The van der Waals surface area contributed by atoms with E-state index < -0.39 is 0 Å². The van der Waals surface area contributed by atoms with E-state index in [9.17, 15) is 0 Å². The molecule has 0 N–H and O–H groups in total. The largest absolute Gasteiger partial charge is 0.381 e. The zero-order chi connectivity index (χ0) is 9.73. The Labute approximate surface area is 82.3 Å². The van der Waals surface area contributed by atoms with Crippen molar-refractivity contribution >= 4 is 0 Å². The molecule has 2 heterocycles. The molecular formula is C11H23NO. The molecule has 2 heteroatoms. The van der Waals surface area contributed by atoms with Gasteiger partial charge in [0.25, 0.3) is 0 Å². The van der Waals surface area contributed by atoms with E-state index in [0.717, 1.165) is 13.2 Å². The summed E-state index contributed by atoms with van der Waals surface area (Å²) in [5.41, 5.74) is 0.675. The highest BCUT2D eigenvalue weighted by Gasteiger charge is 2.42. The molecule has 0 aliphatic carbocycles. The second-order valence-corrected chi connectivity index (χ2v) is 3.92. The Balaban J connectivity index is 0.000000396. The Morgan fingerprint density at radius 3 is 2.15 bits per heavy atom. The molecule has 0 atom stereocenters. The van der Waals surface area contributed by atoms with Crippen LogP contribution in [0.3, 0.4) is 0 Å². The minimum atomic E-state index is 0.675. The third kappa shape index (κ3) is 2.44. The highest BCUT2D eigenvalue weighted by atomic mass is 16.5. The van der Waals surface area contributed by atoms with Gasteiger partial charge < -0.3 is 9.64 Å². The van der Waals surface area contributed by atoms with Crippen LogP contribution in [0.4, 0.5) is 0 Å². The summed E-state index contributed by atoms with van der Waals surface area (Å²) in [4.78, 5) is 2.52. The smallest absolute Gasteiger partial charge is 0.0472 e. The van der Waals surface area contributed by atoms with Gasteiger partial charge in [0.05, 0.1) is 0 Å². The number of nitrogens with zero attached hydrogens (tertiary/aromatic N) is 1. The van der Waals surface area contributed by atoms with Crippen LogP contribution >= 0.6 is 0 Å². The van der Waals surface area contributed by atoms with Crippen LogP contribution in [0.2, 0.25) is 0 Å². The lowest BCUT2D eigenvalue weighted by molar-refractivity contribution is -0.0782. The molecule has 1 spiro atoms. The molecule has 0 aromatic rings.